The zero-order valence-electron chi connectivity index (χ0n) is 15.6. The topological polar surface area (TPSA) is 96.0 Å². The Morgan fingerprint density at radius 3 is 2.21 bits per heavy atom. The average Bonchev–Trinajstić information content (AvgIpc) is 3.19. The van der Waals surface area contributed by atoms with E-state index in [1.165, 1.54) is 12.1 Å². The number of aliphatic hydroxyl groups excluding tert-OH is 1. The summed E-state index contributed by atoms with van der Waals surface area (Å²) in [4.78, 5) is 0.0663. The summed E-state index contributed by atoms with van der Waals surface area (Å²) in [6.45, 7) is -0.00451. The zero-order valence-corrected chi connectivity index (χ0v) is 16.5. The van der Waals surface area contributed by atoms with Crippen molar-refractivity contribution < 1.29 is 13.5 Å². The van der Waals surface area contributed by atoms with Gasteiger partial charge in [0, 0.05) is 6.42 Å². The molecule has 3 aromatic rings. The highest BCUT2D eigenvalue weighted by atomic mass is 32.2. The molecule has 0 radical (unpaired) electrons. The van der Waals surface area contributed by atoms with Crippen LogP contribution in [0, 0.1) is 0 Å². The van der Waals surface area contributed by atoms with Crippen LogP contribution in [0.3, 0.4) is 0 Å². The van der Waals surface area contributed by atoms with Crippen LogP contribution in [-0.2, 0) is 16.6 Å². The molecule has 7 heteroatoms. The number of nitrogens with zero attached hydrogens (tertiary/aromatic N) is 2. The highest BCUT2D eigenvalue weighted by Crippen LogP contribution is 2.37. The molecule has 4 rings (SSSR count). The van der Waals surface area contributed by atoms with E-state index in [4.69, 9.17) is 10.2 Å². The minimum absolute atomic E-state index is 0.00451. The van der Waals surface area contributed by atoms with E-state index < -0.39 is 10.0 Å². The number of rotatable bonds is 5. The molecule has 148 valence electrons. The molecule has 0 saturated carbocycles. The van der Waals surface area contributed by atoms with E-state index in [1.54, 1.807) is 12.1 Å². The second-order valence-electron chi connectivity index (χ2n) is 6.92. The van der Waals surface area contributed by atoms with Crippen LogP contribution in [0.4, 0.5) is 5.69 Å². The molecule has 3 aromatic carbocycles. The number of anilines is 1. The van der Waals surface area contributed by atoms with Gasteiger partial charge >= 0.3 is 0 Å². The summed E-state index contributed by atoms with van der Waals surface area (Å²) in [5.74, 6) is 0. The van der Waals surface area contributed by atoms with Crippen molar-refractivity contribution in [2.24, 2.45) is 10.2 Å². The number of primary sulfonamides is 1. The number of hydrogen-bond acceptors (Lipinski definition) is 5. The molecule has 0 aliphatic carbocycles. The van der Waals surface area contributed by atoms with Crippen molar-refractivity contribution in [1.82, 2.24) is 0 Å². The van der Waals surface area contributed by atoms with Gasteiger partial charge in [0.25, 0.3) is 0 Å². The lowest BCUT2D eigenvalue weighted by Gasteiger charge is -2.24. The highest BCUT2D eigenvalue weighted by Gasteiger charge is 2.30. The fourth-order valence-corrected chi connectivity index (χ4v) is 3.96. The van der Waals surface area contributed by atoms with Gasteiger partial charge < -0.3 is 5.11 Å². The van der Waals surface area contributed by atoms with Gasteiger partial charge in [-0.25, -0.2) is 13.6 Å². The van der Waals surface area contributed by atoms with E-state index in [1.807, 2.05) is 59.6 Å². The first-order valence-electron chi connectivity index (χ1n) is 9.20. The molecule has 0 saturated heterocycles. The van der Waals surface area contributed by atoms with Gasteiger partial charge in [-0.15, -0.1) is 0 Å². The summed E-state index contributed by atoms with van der Waals surface area (Å²) in [5.41, 5.74) is 4.69. The van der Waals surface area contributed by atoms with Crippen molar-refractivity contribution in [3.05, 3.63) is 95.6 Å². The van der Waals surface area contributed by atoms with Crippen LogP contribution >= 0.6 is 0 Å². The average molecular weight is 407 g/mol. The molecule has 6 nitrogen and oxygen atoms in total. The molecule has 1 atom stereocenters. The number of sulfonamides is 1. The minimum Gasteiger partial charge on any atom is -0.392 e. The van der Waals surface area contributed by atoms with E-state index in [0.29, 0.717) is 6.42 Å². The Morgan fingerprint density at radius 1 is 0.966 bits per heavy atom. The Hall–Kier alpha value is -3.00. The molecule has 1 aliphatic heterocycles. The third kappa shape index (κ3) is 4.07. The van der Waals surface area contributed by atoms with Crippen molar-refractivity contribution in [1.29, 1.82) is 0 Å². The van der Waals surface area contributed by atoms with Gasteiger partial charge in [-0.3, -0.25) is 5.01 Å². The summed E-state index contributed by atoms with van der Waals surface area (Å²) in [5, 5.41) is 21.3. The number of hydrazone groups is 1. The molecule has 0 spiro atoms. The maximum atomic E-state index is 11.6. The van der Waals surface area contributed by atoms with Crippen molar-refractivity contribution in [2.45, 2.75) is 24.0 Å². The first-order valence-corrected chi connectivity index (χ1v) is 10.7. The van der Waals surface area contributed by atoms with Crippen LogP contribution in [0.5, 0.6) is 0 Å². The van der Waals surface area contributed by atoms with Crippen molar-refractivity contribution in [3.63, 3.8) is 0 Å². The van der Waals surface area contributed by atoms with Crippen LogP contribution in [0.25, 0.3) is 0 Å². The van der Waals surface area contributed by atoms with Crippen LogP contribution in [0.15, 0.2) is 88.9 Å². The SMILES string of the molecule is NS(=O)(=O)c1ccc(N2N=C(c3ccccc3)CC2c2ccc(CO)cc2)cc1. The molecule has 29 heavy (non-hydrogen) atoms. The monoisotopic (exact) mass is 407 g/mol. The lowest BCUT2D eigenvalue weighted by Crippen LogP contribution is -2.19. The predicted octanol–water partition coefficient (Wildman–Crippen LogP) is 3.18. The number of aliphatic hydroxyl groups is 1. The first kappa shape index (κ1) is 19.3. The van der Waals surface area contributed by atoms with E-state index in [0.717, 1.165) is 28.1 Å². The molecule has 0 aromatic heterocycles. The van der Waals surface area contributed by atoms with Crippen molar-refractivity contribution in [3.8, 4) is 0 Å². The van der Waals surface area contributed by atoms with Gasteiger partial charge in [0.1, 0.15) is 0 Å². The summed E-state index contributed by atoms with van der Waals surface area (Å²) in [6.07, 6.45) is 0.708. The molecule has 1 unspecified atom stereocenters. The zero-order chi connectivity index (χ0) is 20.4. The maximum Gasteiger partial charge on any atom is 0.238 e. The molecule has 1 heterocycles. The van der Waals surface area contributed by atoms with Gasteiger partial charge in [-0.05, 0) is 41.0 Å². The van der Waals surface area contributed by atoms with Gasteiger partial charge in [-0.1, -0.05) is 54.6 Å². The van der Waals surface area contributed by atoms with Crippen molar-refractivity contribution >= 4 is 21.4 Å². The Bertz CT molecular complexity index is 1130. The van der Waals surface area contributed by atoms with Gasteiger partial charge in [0.2, 0.25) is 10.0 Å². The fraction of sp³-hybridized carbons (Fsp3) is 0.136. The largest absolute Gasteiger partial charge is 0.392 e. The van der Waals surface area contributed by atoms with Crippen LogP contribution in [-0.4, -0.2) is 19.2 Å². The van der Waals surface area contributed by atoms with E-state index in [9.17, 15) is 13.5 Å². The van der Waals surface area contributed by atoms with Gasteiger partial charge in [0.05, 0.1) is 28.9 Å². The van der Waals surface area contributed by atoms with Crippen LogP contribution in [0.2, 0.25) is 0 Å². The Morgan fingerprint density at radius 2 is 1.62 bits per heavy atom. The fourth-order valence-electron chi connectivity index (χ4n) is 3.45. The maximum absolute atomic E-state index is 11.6. The Kier molecular flexibility index (Phi) is 5.19. The minimum atomic E-state index is -3.75. The quantitative estimate of drug-likeness (QED) is 0.679. The first-order chi connectivity index (χ1) is 14.0. The molecular formula is C22H21N3O3S. The van der Waals surface area contributed by atoms with Gasteiger partial charge in [0.15, 0.2) is 0 Å². The van der Waals surface area contributed by atoms with Crippen molar-refractivity contribution in [2.75, 3.05) is 5.01 Å². The summed E-state index contributed by atoms with van der Waals surface area (Å²) >= 11 is 0. The molecular weight excluding hydrogens is 386 g/mol. The Labute approximate surface area is 170 Å². The Balaban J connectivity index is 1.73. The molecule has 0 fully saturated rings. The lowest BCUT2D eigenvalue weighted by atomic mass is 9.97. The highest BCUT2D eigenvalue weighted by molar-refractivity contribution is 7.89. The normalized spacial score (nSPS) is 16.7. The second-order valence-corrected chi connectivity index (χ2v) is 8.48. The summed E-state index contributed by atoms with van der Waals surface area (Å²) < 4.78 is 23.1. The smallest absolute Gasteiger partial charge is 0.238 e. The standard InChI is InChI=1S/C22H21N3O3S/c23-29(27,28)20-12-10-19(11-13-20)25-22(18-8-6-16(15-26)7-9-18)14-21(24-25)17-4-2-1-3-5-17/h1-13,22,26H,14-15H2,(H2,23,27,28). The third-order valence-corrected chi connectivity index (χ3v) is 5.92. The lowest BCUT2D eigenvalue weighted by molar-refractivity contribution is 0.282. The molecule has 1 aliphatic rings. The second kappa shape index (κ2) is 7.79. The van der Waals surface area contributed by atoms with Crippen LogP contribution < -0.4 is 10.1 Å². The van der Waals surface area contributed by atoms with Crippen LogP contribution in [0.1, 0.15) is 29.2 Å². The molecule has 0 bridgehead atoms. The third-order valence-electron chi connectivity index (χ3n) is 4.99. The molecule has 3 N–H and O–H groups in total. The van der Waals surface area contributed by atoms with E-state index in [-0.39, 0.29) is 17.5 Å². The summed E-state index contributed by atoms with van der Waals surface area (Å²) in [7, 11) is -3.75. The predicted molar refractivity (Wildman–Crippen MR) is 113 cm³/mol. The van der Waals surface area contributed by atoms with E-state index in [2.05, 4.69) is 0 Å². The number of nitrogens with two attached hydrogens (primary N) is 1. The molecule has 0 amide bonds. The van der Waals surface area contributed by atoms with Gasteiger partial charge in [-0.2, -0.15) is 5.10 Å². The number of benzene rings is 3. The summed E-state index contributed by atoms with van der Waals surface area (Å²) in [6, 6.07) is 24.1. The number of hydrogen-bond donors (Lipinski definition) is 2. The van der Waals surface area contributed by atoms with E-state index >= 15 is 0 Å².